The number of hydrogen-bond donors (Lipinski definition) is 1. The minimum atomic E-state index is -0.109. The van der Waals surface area contributed by atoms with Gasteiger partial charge in [0.25, 0.3) is 5.91 Å². The van der Waals surface area contributed by atoms with Crippen LogP contribution in [0.1, 0.15) is 42.6 Å². The van der Waals surface area contributed by atoms with Crippen molar-refractivity contribution >= 4 is 11.6 Å². The number of ether oxygens (including phenoxy) is 1. The Bertz CT molecular complexity index is 1230. The minimum absolute atomic E-state index is 0.109. The molecule has 0 aliphatic heterocycles. The number of amides is 1. The highest BCUT2D eigenvalue weighted by molar-refractivity contribution is 5.94. The normalized spacial score (nSPS) is 14.4. The van der Waals surface area contributed by atoms with Crippen molar-refractivity contribution in [2.45, 2.75) is 38.1 Å². The number of nitrogens with one attached hydrogen (secondary N) is 1. The molecule has 5 rings (SSSR count). The van der Waals surface area contributed by atoms with Gasteiger partial charge in [0.2, 0.25) is 0 Å². The quantitative estimate of drug-likeness (QED) is 0.480. The maximum absolute atomic E-state index is 13.3. The zero-order chi connectivity index (χ0) is 21.9. The molecule has 162 valence electrons. The number of nitrogens with zero attached hydrogens (tertiary/aromatic N) is 3. The number of hydrogen-bond acceptors (Lipinski definition) is 4. The van der Waals surface area contributed by atoms with E-state index in [0.29, 0.717) is 11.3 Å². The summed E-state index contributed by atoms with van der Waals surface area (Å²) >= 11 is 0. The molecule has 0 atom stereocenters. The van der Waals surface area contributed by atoms with Crippen molar-refractivity contribution in [1.29, 1.82) is 0 Å². The fourth-order valence-corrected chi connectivity index (χ4v) is 4.30. The van der Waals surface area contributed by atoms with Crippen LogP contribution >= 0.6 is 0 Å². The maximum atomic E-state index is 13.3. The first-order valence-corrected chi connectivity index (χ1v) is 11.1. The highest BCUT2D eigenvalue weighted by Crippen LogP contribution is 2.26. The Hall–Kier alpha value is -3.67. The molecule has 32 heavy (non-hydrogen) atoms. The van der Waals surface area contributed by atoms with Crippen LogP contribution in [0, 0.1) is 0 Å². The van der Waals surface area contributed by atoms with Gasteiger partial charge in [-0.05, 0) is 43.2 Å². The van der Waals surface area contributed by atoms with Crippen molar-refractivity contribution in [3.05, 3.63) is 72.4 Å². The van der Waals surface area contributed by atoms with Gasteiger partial charge in [0.15, 0.2) is 5.65 Å². The zero-order valence-corrected chi connectivity index (χ0v) is 18.1. The SMILES string of the molecule is COc1ccc(-c2cc(C(=O)NC3CCCCC3)n3nc(-c4ccccc4)cc3n2)cc1. The predicted molar refractivity (Wildman–Crippen MR) is 125 cm³/mol. The lowest BCUT2D eigenvalue weighted by Crippen LogP contribution is -2.37. The van der Waals surface area contributed by atoms with Crippen LogP contribution in [-0.4, -0.2) is 33.7 Å². The minimum Gasteiger partial charge on any atom is -0.497 e. The van der Waals surface area contributed by atoms with Crippen LogP contribution in [0.15, 0.2) is 66.7 Å². The lowest BCUT2D eigenvalue weighted by molar-refractivity contribution is 0.0920. The van der Waals surface area contributed by atoms with Crippen LogP contribution in [0.2, 0.25) is 0 Å². The molecule has 0 bridgehead atoms. The number of carbonyl (C=O) groups is 1. The Morgan fingerprint density at radius 1 is 0.938 bits per heavy atom. The van der Waals surface area contributed by atoms with Gasteiger partial charge in [0, 0.05) is 23.2 Å². The van der Waals surface area contributed by atoms with Crippen LogP contribution in [0.5, 0.6) is 5.75 Å². The standard InChI is InChI=1S/C26H26N4O2/c1-32-21-14-12-19(13-15-21)22-16-24(26(31)27-20-10-6-3-7-11-20)30-25(28-22)17-23(29-30)18-8-4-2-5-9-18/h2,4-5,8-9,12-17,20H,3,6-7,10-11H2,1H3,(H,27,31). The van der Waals surface area contributed by atoms with E-state index in [1.54, 1.807) is 11.6 Å². The number of methoxy groups -OCH3 is 1. The largest absolute Gasteiger partial charge is 0.497 e. The summed E-state index contributed by atoms with van der Waals surface area (Å²) in [5, 5.41) is 7.96. The second-order valence-corrected chi connectivity index (χ2v) is 8.23. The van der Waals surface area contributed by atoms with Crippen molar-refractivity contribution in [2.24, 2.45) is 0 Å². The first-order valence-electron chi connectivity index (χ1n) is 11.1. The molecule has 1 aliphatic carbocycles. The molecule has 0 radical (unpaired) electrons. The Labute approximate surface area is 187 Å². The lowest BCUT2D eigenvalue weighted by Gasteiger charge is -2.22. The molecule has 1 saturated carbocycles. The van der Waals surface area contributed by atoms with E-state index >= 15 is 0 Å². The molecule has 0 saturated heterocycles. The van der Waals surface area contributed by atoms with Gasteiger partial charge in [-0.3, -0.25) is 4.79 Å². The molecule has 0 spiro atoms. The topological polar surface area (TPSA) is 68.5 Å². The number of rotatable bonds is 5. The fraction of sp³-hybridized carbons (Fsp3) is 0.269. The molecule has 1 N–H and O–H groups in total. The van der Waals surface area contributed by atoms with Gasteiger partial charge in [-0.1, -0.05) is 49.6 Å². The third-order valence-electron chi connectivity index (χ3n) is 6.06. The van der Waals surface area contributed by atoms with E-state index in [2.05, 4.69) is 5.32 Å². The molecular weight excluding hydrogens is 400 g/mol. The zero-order valence-electron chi connectivity index (χ0n) is 18.1. The summed E-state index contributed by atoms with van der Waals surface area (Å²) in [5.41, 5.74) is 4.56. The van der Waals surface area contributed by atoms with Crippen LogP contribution < -0.4 is 10.1 Å². The fourth-order valence-electron chi connectivity index (χ4n) is 4.30. The Morgan fingerprint density at radius 3 is 2.38 bits per heavy atom. The summed E-state index contributed by atoms with van der Waals surface area (Å²) in [6, 6.07) is 21.6. The van der Waals surface area contributed by atoms with E-state index in [1.165, 1.54) is 6.42 Å². The summed E-state index contributed by atoms with van der Waals surface area (Å²) in [6.07, 6.45) is 5.62. The van der Waals surface area contributed by atoms with E-state index in [4.69, 9.17) is 14.8 Å². The first-order chi connectivity index (χ1) is 15.7. The van der Waals surface area contributed by atoms with Crippen LogP contribution in [0.25, 0.3) is 28.2 Å². The number of fused-ring (bicyclic) bond motifs is 1. The molecule has 4 aromatic rings. The molecule has 1 amide bonds. The van der Waals surface area contributed by atoms with Crippen molar-refractivity contribution in [3.8, 4) is 28.3 Å². The highest BCUT2D eigenvalue weighted by atomic mass is 16.5. The predicted octanol–water partition coefficient (Wildman–Crippen LogP) is 5.13. The van der Waals surface area contributed by atoms with Crippen LogP contribution in [0.4, 0.5) is 0 Å². The summed E-state index contributed by atoms with van der Waals surface area (Å²) in [5.74, 6) is 0.669. The van der Waals surface area contributed by atoms with Gasteiger partial charge in [0.1, 0.15) is 11.4 Å². The van der Waals surface area contributed by atoms with Gasteiger partial charge in [0.05, 0.1) is 18.5 Å². The Kier molecular flexibility index (Phi) is 5.58. The van der Waals surface area contributed by atoms with Gasteiger partial charge in [-0.15, -0.1) is 0 Å². The second kappa shape index (κ2) is 8.83. The number of benzene rings is 2. The van der Waals surface area contributed by atoms with Crippen molar-refractivity contribution < 1.29 is 9.53 Å². The van der Waals surface area contributed by atoms with E-state index in [1.807, 2.05) is 66.7 Å². The Balaban J connectivity index is 1.59. The molecule has 6 nitrogen and oxygen atoms in total. The summed E-state index contributed by atoms with van der Waals surface area (Å²) < 4.78 is 6.94. The maximum Gasteiger partial charge on any atom is 0.270 e. The molecular formula is C26H26N4O2. The van der Waals surface area contributed by atoms with Gasteiger partial charge in [-0.2, -0.15) is 5.10 Å². The van der Waals surface area contributed by atoms with E-state index in [9.17, 15) is 4.79 Å². The second-order valence-electron chi connectivity index (χ2n) is 8.23. The molecule has 2 aromatic heterocycles. The monoisotopic (exact) mass is 426 g/mol. The molecule has 1 aliphatic rings. The average molecular weight is 427 g/mol. The molecule has 1 fully saturated rings. The number of carbonyl (C=O) groups excluding carboxylic acids is 1. The first kappa shape index (κ1) is 20.2. The van der Waals surface area contributed by atoms with E-state index < -0.39 is 0 Å². The van der Waals surface area contributed by atoms with Crippen LogP contribution in [-0.2, 0) is 0 Å². The van der Waals surface area contributed by atoms with E-state index in [0.717, 1.165) is 53.9 Å². The average Bonchev–Trinajstić information content (AvgIpc) is 3.29. The molecule has 6 heteroatoms. The highest BCUT2D eigenvalue weighted by Gasteiger charge is 2.21. The molecule has 0 unspecified atom stereocenters. The van der Waals surface area contributed by atoms with E-state index in [-0.39, 0.29) is 11.9 Å². The summed E-state index contributed by atoms with van der Waals surface area (Å²) in [6.45, 7) is 0. The molecule has 2 heterocycles. The lowest BCUT2D eigenvalue weighted by atomic mass is 9.95. The molecule has 2 aromatic carbocycles. The van der Waals surface area contributed by atoms with Gasteiger partial charge < -0.3 is 10.1 Å². The number of aromatic nitrogens is 3. The van der Waals surface area contributed by atoms with Gasteiger partial charge in [-0.25, -0.2) is 9.50 Å². The van der Waals surface area contributed by atoms with Gasteiger partial charge >= 0.3 is 0 Å². The Morgan fingerprint density at radius 2 is 1.66 bits per heavy atom. The van der Waals surface area contributed by atoms with Crippen molar-refractivity contribution in [3.63, 3.8) is 0 Å². The van der Waals surface area contributed by atoms with Crippen molar-refractivity contribution in [1.82, 2.24) is 19.9 Å². The summed E-state index contributed by atoms with van der Waals surface area (Å²) in [7, 11) is 1.64. The van der Waals surface area contributed by atoms with Crippen LogP contribution in [0.3, 0.4) is 0 Å². The summed E-state index contributed by atoms with van der Waals surface area (Å²) in [4.78, 5) is 18.2. The van der Waals surface area contributed by atoms with Crippen molar-refractivity contribution in [2.75, 3.05) is 7.11 Å². The third kappa shape index (κ3) is 4.08. The smallest absolute Gasteiger partial charge is 0.270 e. The third-order valence-corrected chi connectivity index (χ3v) is 6.06.